The summed E-state index contributed by atoms with van der Waals surface area (Å²) in [7, 11) is 1.12. The molecule has 0 radical (unpaired) electrons. The van der Waals surface area contributed by atoms with E-state index in [1.165, 1.54) is 0 Å². The van der Waals surface area contributed by atoms with Crippen LogP contribution in [0.3, 0.4) is 0 Å². The molecule has 0 saturated carbocycles. The van der Waals surface area contributed by atoms with Crippen LogP contribution in [0.1, 0.15) is 26.5 Å². The van der Waals surface area contributed by atoms with Crippen molar-refractivity contribution in [1.82, 2.24) is 15.3 Å². The van der Waals surface area contributed by atoms with E-state index in [4.69, 9.17) is 10.5 Å². The highest BCUT2D eigenvalue weighted by Gasteiger charge is 2.29. The number of carbonyl (C=O) groups is 2. The summed E-state index contributed by atoms with van der Waals surface area (Å²) in [5, 5.41) is 13.2. The highest BCUT2D eigenvalue weighted by atomic mass is 16.6. The van der Waals surface area contributed by atoms with Crippen LogP contribution in [0, 0.1) is 10.1 Å². The molecule has 0 aliphatic rings. The predicted molar refractivity (Wildman–Crippen MR) is 78.5 cm³/mol. The predicted octanol–water partition coefficient (Wildman–Crippen LogP) is 0.509. The summed E-state index contributed by atoms with van der Waals surface area (Å²) in [5.74, 6) is -1.43. The smallest absolute Gasteiger partial charge is 0.408 e. The maximum atomic E-state index is 11.8. The number of esters is 1. The van der Waals surface area contributed by atoms with Crippen LogP contribution >= 0.6 is 0 Å². The molecule has 1 rings (SSSR count). The molecule has 0 fully saturated rings. The van der Waals surface area contributed by atoms with Crippen LogP contribution in [0.25, 0.3) is 0 Å². The first-order valence-electron chi connectivity index (χ1n) is 6.59. The quantitative estimate of drug-likeness (QED) is 0.399. The van der Waals surface area contributed by atoms with E-state index < -0.39 is 34.4 Å². The van der Waals surface area contributed by atoms with Crippen LogP contribution in [0.15, 0.2) is 0 Å². The van der Waals surface area contributed by atoms with Gasteiger partial charge in [-0.15, -0.1) is 0 Å². The Morgan fingerprint density at radius 1 is 1.48 bits per heavy atom. The minimum absolute atomic E-state index is 0.0843. The van der Waals surface area contributed by atoms with Gasteiger partial charge in [0.25, 0.3) is 5.95 Å². The molecule has 0 saturated heterocycles. The Balaban J connectivity index is 2.94. The SMILES string of the molecule is COC(=O)C(Cc1nc(N)[nH]c1[N+](=O)[O-])NC(=O)OC(C)(C)C. The van der Waals surface area contributed by atoms with Gasteiger partial charge in [-0.3, -0.25) is 0 Å². The van der Waals surface area contributed by atoms with Crippen LogP contribution in [0.5, 0.6) is 0 Å². The topological polar surface area (TPSA) is 162 Å². The molecule has 11 heteroatoms. The third-order valence-corrected chi connectivity index (χ3v) is 2.53. The lowest BCUT2D eigenvalue weighted by Gasteiger charge is -2.22. The molecule has 0 aromatic carbocycles. The summed E-state index contributed by atoms with van der Waals surface area (Å²) in [6.45, 7) is 4.96. The zero-order valence-corrected chi connectivity index (χ0v) is 13.2. The molecule has 1 aromatic rings. The first kappa shape index (κ1) is 18.2. The van der Waals surface area contributed by atoms with Gasteiger partial charge >= 0.3 is 17.9 Å². The molecule has 1 amide bonds. The summed E-state index contributed by atoms with van der Waals surface area (Å²) in [6.07, 6.45) is -1.14. The Kier molecular flexibility index (Phi) is 5.49. The van der Waals surface area contributed by atoms with Crippen molar-refractivity contribution in [2.75, 3.05) is 12.8 Å². The molecule has 1 aromatic heterocycles. The first-order chi connectivity index (χ1) is 10.5. The summed E-state index contributed by atoms with van der Waals surface area (Å²) in [6, 6.07) is -1.21. The molecular formula is C12H19N5O6. The second-order valence-corrected chi connectivity index (χ2v) is 5.60. The van der Waals surface area contributed by atoms with E-state index in [1.807, 2.05) is 0 Å². The Morgan fingerprint density at radius 3 is 2.57 bits per heavy atom. The van der Waals surface area contributed by atoms with Gasteiger partial charge in [0.2, 0.25) is 0 Å². The average Bonchev–Trinajstić information content (AvgIpc) is 2.76. The normalized spacial score (nSPS) is 12.3. The molecule has 1 heterocycles. The van der Waals surface area contributed by atoms with Crippen molar-refractivity contribution in [3.05, 3.63) is 15.8 Å². The van der Waals surface area contributed by atoms with Gasteiger partial charge in [0.1, 0.15) is 17.3 Å². The molecule has 4 N–H and O–H groups in total. The molecule has 23 heavy (non-hydrogen) atoms. The fraction of sp³-hybridized carbons (Fsp3) is 0.583. The zero-order chi connectivity index (χ0) is 17.8. The van der Waals surface area contributed by atoms with E-state index >= 15 is 0 Å². The third kappa shape index (κ3) is 5.45. The van der Waals surface area contributed by atoms with Crippen molar-refractivity contribution in [3.63, 3.8) is 0 Å². The average molecular weight is 329 g/mol. The highest BCUT2D eigenvalue weighted by Crippen LogP contribution is 2.18. The molecule has 0 bridgehead atoms. The highest BCUT2D eigenvalue weighted by molar-refractivity contribution is 5.81. The fourth-order valence-corrected chi connectivity index (χ4v) is 1.69. The number of ether oxygens (including phenoxy) is 2. The molecule has 0 aliphatic carbocycles. The Labute approximate surface area is 131 Å². The van der Waals surface area contributed by atoms with E-state index in [1.54, 1.807) is 20.8 Å². The second-order valence-electron chi connectivity index (χ2n) is 5.60. The maximum Gasteiger partial charge on any atom is 0.408 e. The van der Waals surface area contributed by atoms with Crippen molar-refractivity contribution in [3.8, 4) is 0 Å². The second kappa shape index (κ2) is 6.94. The number of aromatic amines is 1. The van der Waals surface area contributed by atoms with Crippen LogP contribution in [0.4, 0.5) is 16.6 Å². The minimum Gasteiger partial charge on any atom is -0.467 e. The van der Waals surface area contributed by atoms with Gasteiger partial charge in [-0.05, 0) is 25.7 Å². The van der Waals surface area contributed by atoms with Gasteiger partial charge in [0.15, 0.2) is 0 Å². The van der Waals surface area contributed by atoms with E-state index in [0.29, 0.717) is 0 Å². The number of alkyl carbamates (subject to hydrolysis) is 1. The number of nitrogens with one attached hydrogen (secondary N) is 2. The number of imidazole rings is 1. The lowest BCUT2D eigenvalue weighted by Crippen LogP contribution is -2.45. The van der Waals surface area contributed by atoms with Crippen LogP contribution in [-0.4, -0.2) is 45.7 Å². The van der Waals surface area contributed by atoms with Crippen LogP contribution in [0.2, 0.25) is 0 Å². The number of nitrogens with zero attached hydrogens (tertiary/aromatic N) is 2. The summed E-state index contributed by atoms with van der Waals surface area (Å²) in [4.78, 5) is 39.8. The molecule has 0 spiro atoms. The number of nitrogen functional groups attached to an aromatic ring is 1. The number of anilines is 1. The Bertz CT molecular complexity index is 606. The number of hydrogen-bond acceptors (Lipinski definition) is 8. The van der Waals surface area contributed by atoms with Gasteiger partial charge < -0.3 is 30.6 Å². The molecule has 128 valence electrons. The third-order valence-electron chi connectivity index (χ3n) is 2.53. The molecular weight excluding hydrogens is 310 g/mol. The summed E-state index contributed by atoms with van der Waals surface area (Å²) >= 11 is 0. The van der Waals surface area contributed by atoms with Gasteiger partial charge in [-0.1, -0.05) is 0 Å². The van der Waals surface area contributed by atoms with Crippen molar-refractivity contribution < 1.29 is 24.0 Å². The fourth-order valence-electron chi connectivity index (χ4n) is 1.69. The first-order valence-corrected chi connectivity index (χ1v) is 6.59. The number of methoxy groups -OCH3 is 1. The van der Waals surface area contributed by atoms with E-state index in [-0.39, 0.29) is 18.1 Å². The summed E-state index contributed by atoms with van der Waals surface area (Å²) < 4.78 is 9.61. The van der Waals surface area contributed by atoms with Gasteiger partial charge in [-0.2, -0.15) is 4.98 Å². The Morgan fingerprint density at radius 2 is 2.09 bits per heavy atom. The zero-order valence-electron chi connectivity index (χ0n) is 13.2. The lowest BCUT2D eigenvalue weighted by atomic mass is 10.1. The number of rotatable bonds is 5. The van der Waals surface area contributed by atoms with E-state index in [0.717, 1.165) is 7.11 Å². The number of H-pyrrole nitrogens is 1. The summed E-state index contributed by atoms with van der Waals surface area (Å²) in [5.41, 5.74) is 4.53. The lowest BCUT2D eigenvalue weighted by molar-refractivity contribution is -0.390. The van der Waals surface area contributed by atoms with Crippen LogP contribution < -0.4 is 11.1 Å². The molecule has 1 atom stereocenters. The monoisotopic (exact) mass is 329 g/mol. The van der Waals surface area contributed by atoms with E-state index in [2.05, 4.69) is 20.0 Å². The molecule has 11 nitrogen and oxygen atoms in total. The van der Waals surface area contributed by atoms with Crippen molar-refractivity contribution in [2.45, 2.75) is 38.8 Å². The van der Waals surface area contributed by atoms with E-state index in [9.17, 15) is 19.7 Å². The maximum absolute atomic E-state index is 11.8. The standard InChI is InChI=1S/C12H19N5O6/c1-12(2,3)23-11(19)15-7(9(18)22-4)5-6-8(17(20)21)16-10(13)14-6/h7H,5H2,1-4H3,(H,15,19)(H3,13,14,16). The number of aromatic nitrogens is 2. The molecule has 0 aliphatic heterocycles. The minimum atomic E-state index is -1.21. The Hall–Kier alpha value is -2.85. The van der Waals surface area contributed by atoms with Gasteiger partial charge in [0, 0.05) is 6.42 Å². The van der Waals surface area contributed by atoms with Crippen molar-refractivity contribution in [1.29, 1.82) is 0 Å². The van der Waals surface area contributed by atoms with Crippen molar-refractivity contribution >= 4 is 23.8 Å². The molecule has 1 unspecified atom stereocenters. The van der Waals surface area contributed by atoms with Crippen molar-refractivity contribution in [2.24, 2.45) is 0 Å². The van der Waals surface area contributed by atoms with Gasteiger partial charge in [0.05, 0.1) is 7.11 Å². The number of carbonyl (C=O) groups excluding carboxylic acids is 2. The van der Waals surface area contributed by atoms with Gasteiger partial charge in [-0.25, -0.2) is 14.6 Å². The number of amides is 1. The number of hydrogen-bond donors (Lipinski definition) is 3. The van der Waals surface area contributed by atoms with Crippen LogP contribution in [-0.2, 0) is 20.7 Å². The number of nitro groups is 1. The largest absolute Gasteiger partial charge is 0.467 e. The number of nitrogens with two attached hydrogens (primary N) is 1.